The number of carbonyl (C=O) groups excluding carboxylic acids is 1. The molecule has 0 aliphatic carbocycles. The summed E-state index contributed by atoms with van der Waals surface area (Å²) in [5.74, 6) is -0.462. The van der Waals surface area contributed by atoms with Crippen LogP contribution in [0.2, 0.25) is 5.02 Å². The van der Waals surface area contributed by atoms with Gasteiger partial charge in [-0.1, -0.05) is 35.9 Å². The molecule has 6 heteroatoms. The van der Waals surface area contributed by atoms with Crippen LogP contribution in [0.25, 0.3) is 0 Å². The van der Waals surface area contributed by atoms with Gasteiger partial charge in [-0.25, -0.2) is 0 Å². The van der Waals surface area contributed by atoms with E-state index in [0.29, 0.717) is 11.4 Å². The van der Waals surface area contributed by atoms with Crippen LogP contribution in [0.15, 0.2) is 36.4 Å². The van der Waals surface area contributed by atoms with E-state index >= 15 is 0 Å². The minimum absolute atomic E-state index is 0.181. The Bertz CT molecular complexity index is 885. The van der Waals surface area contributed by atoms with E-state index in [-0.39, 0.29) is 6.42 Å². The molecule has 2 aliphatic rings. The summed E-state index contributed by atoms with van der Waals surface area (Å²) in [6.45, 7) is 0.584. The zero-order chi connectivity index (χ0) is 19.7. The Kier molecular flexibility index (Phi) is 5.69. The SMILES string of the molecule is O=C1[C@H](O)C[C@H](c2ccc(Cl)c(Cc3ccc4c(c3)CCCN4)c2)O[C@@H]1CO. The Morgan fingerprint density at radius 2 is 2.07 bits per heavy atom. The average Bonchev–Trinajstić information content (AvgIpc) is 2.71. The third-order valence-corrected chi connectivity index (χ3v) is 5.89. The van der Waals surface area contributed by atoms with Gasteiger partial charge in [0.1, 0.15) is 12.2 Å². The molecule has 1 fully saturated rings. The average molecular weight is 402 g/mol. The highest BCUT2D eigenvalue weighted by Crippen LogP contribution is 2.33. The van der Waals surface area contributed by atoms with E-state index in [0.717, 1.165) is 30.5 Å². The quantitative estimate of drug-likeness (QED) is 0.733. The number of halogens is 1. The molecule has 0 unspecified atom stereocenters. The number of aliphatic hydroxyl groups is 2. The summed E-state index contributed by atoms with van der Waals surface area (Å²) in [4.78, 5) is 11.9. The van der Waals surface area contributed by atoms with Gasteiger partial charge < -0.3 is 20.3 Å². The molecule has 28 heavy (non-hydrogen) atoms. The molecule has 148 valence electrons. The first kappa shape index (κ1) is 19.4. The number of hydrogen-bond acceptors (Lipinski definition) is 5. The molecule has 0 radical (unpaired) electrons. The number of aliphatic hydroxyl groups excluding tert-OH is 2. The lowest BCUT2D eigenvalue weighted by atomic mass is 9.92. The topological polar surface area (TPSA) is 78.8 Å². The molecule has 2 aliphatic heterocycles. The van der Waals surface area contributed by atoms with Crippen molar-refractivity contribution >= 4 is 23.1 Å². The first-order chi connectivity index (χ1) is 13.5. The summed E-state index contributed by atoms with van der Waals surface area (Å²) in [6, 6.07) is 12.1. The second-order valence-electron chi connectivity index (χ2n) is 7.50. The molecule has 0 amide bonds. The fourth-order valence-electron chi connectivity index (χ4n) is 3.99. The maximum atomic E-state index is 11.9. The number of hydrogen-bond donors (Lipinski definition) is 3. The van der Waals surface area contributed by atoms with Crippen LogP contribution in [0.5, 0.6) is 0 Å². The Morgan fingerprint density at radius 3 is 2.89 bits per heavy atom. The van der Waals surface area contributed by atoms with Gasteiger partial charge in [0.25, 0.3) is 0 Å². The van der Waals surface area contributed by atoms with E-state index in [1.807, 2.05) is 18.2 Å². The van der Waals surface area contributed by atoms with Crippen molar-refractivity contribution in [3.8, 4) is 0 Å². The van der Waals surface area contributed by atoms with E-state index in [1.54, 1.807) is 0 Å². The molecule has 1 saturated heterocycles. The van der Waals surface area contributed by atoms with E-state index in [4.69, 9.17) is 16.3 Å². The van der Waals surface area contributed by atoms with Crippen LogP contribution in [0.3, 0.4) is 0 Å². The van der Waals surface area contributed by atoms with Crippen molar-refractivity contribution in [2.24, 2.45) is 0 Å². The van der Waals surface area contributed by atoms with Crippen LogP contribution in [0, 0.1) is 0 Å². The summed E-state index contributed by atoms with van der Waals surface area (Å²) < 4.78 is 5.71. The van der Waals surface area contributed by atoms with Crippen molar-refractivity contribution in [3.05, 3.63) is 63.7 Å². The molecule has 5 nitrogen and oxygen atoms in total. The lowest BCUT2D eigenvalue weighted by molar-refractivity contribution is -0.161. The molecule has 0 bridgehead atoms. The van der Waals surface area contributed by atoms with Gasteiger partial charge in [-0.15, -0.1) is 0 Å². The Morgan fingerprint density at radius 1 is 1.21 bits per heavy atom. The number of carbonyl (C=O) groups is 1. The van der Waals surface area contributed by atoms with Crippen molar-refractivity contribution in [3.63, 3.8) is 0 Å². The first-order valence-electron chi connectivity index (χ1n) is 9.67. The molecular formula is C22H24ClNO4. The molecule has 0 saturated carbocycles. The van der Waals surface area contributed by atoms with Crippen LogP contribution < -0.4 is 5.32 Å². The van der Waals surface area contributed by atoms with E-state index in [2.05, 4.69) is 23.5 Å². The van der Waals surface area contributed by atoms with E-state index in [9.17, 15) is 15.0 Å². The number of ether oxygens (including phenoxy) is 1. The molecule has 4 rings (SSSR count). The molecular weight excluding hydrogens is 378 g/mol. The minimum atomic E-state index is -1.12. The summed E-state index contributed by atoms with van der Waals surface area (Å²) in [6.07, 6.45) is 0.531. The standard InChI is InChI=1S/C22H24ClNO4/c23-17-5-4-15(20-11-19(26)22(27)21(12-25)28-20)10-16(17)9-13-3-6-18-14(8-13)2-1-7-24-18/h3-6,8,10,19-21,24-26H,1-2,7,9,11-12H2/t19-,20-,21-/m1/s1. The minimum Gasteiger partial charge on any atom is -0.393 e. The van der Waals surface area contributed by atoms with Gasteiger partial charge in [-0.2, -0.15) is 0 Å². The maximum absolute atomic E-state index is 11.9. The van der Waals surface area contributed by atoms with Gasteiger partial charge in [-0.3, -0.25) is 4.79 Å². The third-order valence-electron chi connectivity index (χ3n) is 5.52. The smallest absolute Gasteiger partial charge is 0.192 e. The highest BCUT2D eigenvalue weighted by atomic mass is 35.5. The number of aryl methyl sites for hydroxylation is 1. The number of rotatable bonds is 4. The number of fused-ring (bicyclic) bond motifs is 1. The fourth-order valence-corrected chi connectivity index (χ4v) is 4.17. The number of anilines is 1. The van der Waals surface area contributed by atoms with Crippen molar-refractivity contribution in [1.82, 2.24) is 0 Å². The highest BCUT2D eigenvalue weighted by Gasteiger charge is 2.36. The summed E-state index contributed by atoms with van der Waals surface area (Å²) in [5.41, 5.74) is 5.55. The Labute approximate surface area is 169 Å². The number of ketones is 1. The predicted octanol–water partition coefficient (Wildman–Crippen LogP) is 3.04. The highest BCUT2D eigenvalue weighted by molar-refractivity contribution is 6.31. The van der Waals surface area contributed by atoms with Gasteiger partial charge in [0, 0.05) is 23.7 Å². The van der Waals surface area contributed by atoms with Crippen LogP contribution in [-0.2, 0) is 22.4 Å². The van der Waals surface area contributed by atoms with Gasteiger partial charge in [0.2, 0.25) is 0 Å². The van der Waals surface area contributed by atoms with Crippen molar-refractivity contribution < 1.29 is 19.7 Å². The summed E-state index contributed by atoms with van der Waals surface area (Å²) in [5, 5.41) is 23.5. The molecule has 0 spiro atoms. The van der Waals surface area contributed by atoms with Gasteiger partial charge in [-0.05, 0) is 53.6 Å². The predicted molar refractivity (Wildman–Crippen MR) is 108 cm³/mol. The zero-order valence-electron chi connectivity index (χ0n) is 15.5. The molecule has 3 N–H and O–H groups in total. The number of nitrogens with one attached hydrogen (secondary N) is 1. The second-order valence-corrected chi connectivity index (χ2v) is 7.91. The molecule has 2 aromatic rings. The van der Waals surface area contributed by atoms with Crippen molar-refractivity contribution in [1.29, 1.82) is 0 Å². The maximum Gasteiger partial charge on any atom is 0.192 e. The first-order valence-corrected chi connectivity index (χ1v) is 10.0. The van der Waals surface area contributed by atoms with Crippen LogP contribution in [0.1, 0.15) is 41.2 Å². The summed E-state index contributed by atoms with van der Waals surface area (Å²) in [7, 11) is 0. The monoisotopic (exact) mass is 401 g/mol. The Hall–Kier alpha value is -1.92. The largest absolute Gasteiger partial charge is 0.393 e. The van der Waals surface area contributed by atoms with Gasteiger partial charge >= 0.3 is 0 Å². The summed E-state index contributed by atoms with van der Waals surface area (Å²) >= 11 is 6.44. The lowest BCUT2D eigenvalue weighted by Gasteiger charge is -2.31. The molecule has 2 aromatic carbocycles. The van der Waals surface area contributed by atoms with Gasteiger partial charge in [0.15, 0.2) is 5.78 Å². The normalized spacial score (nSPS) is 24.5. The van der Waals surface area contributed by atoms with Crippen molar-refractivity contribution in [2.75, 3.05) is 18.5 Å². The Balaban J connectivity index is 1.57. The van der Waals surface area contributed by atoms with Crippen LogP contribution in [0.4, 0.5) is 5.69 Å². The van der Waals surface area contributed by atoms with E-state index in [1.165, 1.54) is 16.8 Å². The molecule has 2 heterocycles. The number of benzene rings is 2. The zero-order valence-corrected chi connectivity index (χ0v) is 16.3. The fraction of sp³-hybridized carbons (Fsp3) is 0.409. The third kappa shape index (κ3) is 3.94. The lowest BCUT2D eigenvalue weighted by Crippen LogP contribution is -2.43. The van der Waals surface area contributed by atoms with Crippen LogP contribution >= 0.6 is 11.6 Å². The van der Waals surface area contributed by atoms with Gasteiger partial charge in [0.05, 0.1) is 12.7 Å². The number of Topliss-reactive ketones (excluding diaryl/α,β-unsaturated/α-hetero) is 1. The molecule has 0 aromatic heterocycles. The second kappa shape index (κ2) is 8.21. The van der Waals surface area contributed by atoms with E-state index < -0.39 is 30.7 Å². The molecule has 3 atom stereocenters. The van der Waals surface area contributed by atoms with Crippen LogP contribution in [-0.4, -0.2) is 41.4 Å². The van der Waals surface area contributed by atoms with Crippen molar-refractivity contribution in [2.45, 2.75) is 44.0 Å².